The smallest absolute Gasteiger partial charge is 0.225 e. The Hall–Kier alpha value is -1.76. The molecule has 1 N–H and O–H groups in total. The van der Waals surface area contributed by atoms with Gasteiger partial charge in [0.15, 0.2) is 10.9 Å². The van der Waals surface area contributed by atoms with Gasteiger partial charge in [-0.05, 0) is 20.1 Å². The van der Waals surface area contributed by atoms with Crippen LogP contribution in [0, 0.1) is 0 Å². The van der Waals surface area contributed by atoms with E-state index in [4.69, 9.17) is 4.74 Å². The van der Waals surface area contributed by atoms with Crippen LogP contribution in [-0.4, -0.2) is 32.5 Å². The van der Waals surface area contributed by atoms with Gasteiger partial charge in [-0.2, -0.15) is 10.1 Å². The molecule has 2 aromatic rings. The van der Waals surface area contributed by atoms with Gasteiger partial charge in [-0.1, -0.05) is 11.8 Å². The van der Waals surface area contributed by atoms with Gasteiger partial charge in [0.2, 0.25) is 5.88 Å². The fourth-order valence-corrected chi connectivity index (χ4v) is 1.88. The lowest BCUT2D eigenvalue weighted by Gasteiger charge is -2.07. The van der Waals surface area contributed by atoms with Crippen LogP contribution in [0.2, 0.25) is 0 Å². The number of hydrogen-bond acceptors (Lipinski definition) is 6. The highest BCUT2D eigenvalue weighted by Crippen LogP contribution is 2.23. The normalized spacial score (nSPS) is 10.5. The fraction of sp³-hybridized carbons (Fsp3) is 0.417. The maximum absolute atomic E-state index is 5.70. The van der Waals surface area contributed by atoms with Crippen LogP contribution in [0.15, 0.2) is 23.6 Å². The van der Waals surface area contributed by atoms with Crippen molar-refractivity contribution in [1.29, 1.82) is 0 Å². The lowest BCUT2D eigenvalue weighted by molar-refractivity contribution is 0.455. The molecule has 102 valence electrons. The number of ether oxygens (including phenoxy) is 1. The van der Waals surface area contributed by atoms with Gasteiger partial charge in [0.25, 0.3) is 0 Å². The molecule has 0 saturated heterocycles. The molecule has 0 atom stereocenters. The van der Waals surface area contributed by atoms with Crippen molar-refractivity contribution in [1.82, 2.24) is 19.7 Å². The van der Waals surface area contributed by atoms with Gasteiger partial charge in [-0.25, -0.2) is 4.98 Å². The monoisotopic (exact) mass is 279 g/mol. The number of aromatic nitrogens is 4. The third kappa shape index (κ3) is 3.60. The Balaban J connectivity index is 2.20. The minimum absolute atomic E-state index is 0.519. The minimum atomic E-state index is 0.519. The van der Waals surface area contributed by atoms with Gasteiger partial charge in [0.1, 0.15) is 5.82 Å². The van der Waals surface area contributed by atoms with Gasteiger partial charge in [-0.3, -0.25) is 4.68 Å². The molecule has 6 nitrogen and oxygen atoms in total. The summed E-state index contributed by atoms with van der Waals surface area (Å²) in [6.07, 6.45) is 5.45. The first-order valence-electron chi connectivity index (χ1n) is 6.12. The van der Waals surface area contributed by atoms with Crippen LogP contribution >= 0.6 is 11.8 Å². The van der Waals surface area contributed by atoms with E-state index in [1.54, 1.807) is 16.9 Å². The van der Waals surface area contributed by atoms with E-state index in [1.165, 1.54) is 11.8 Å². The average Bonchev–Trinajstić information content (AvgIpc) is 2.86. The Labute approximate surface area is 116 Å². The summed E-state index contributed by atoms with van der Waals surface area (Å²) in [7, 11) is 0. The zero-order valence-corrected chi connectivity index (χ0v) is 12.1. The van der Waals surface area contributed by atoms with Crippen molar-refractivity contribution < 1.29 is 4.74 Å². The van der Waals surface area contributed by atoms with Crippen molar-refractivity contribution in [3.8, 4) is 11.6 Å². The molecule has 0 fully saturated rings. The Morgan fingerprint density at radius 1 is 1.37 bits per heavy atom. The summed E-state index contributed by atoms with van der Waals surface area (Å²) < 4.78 is 7.51. The van der Waals surface area contributed by atoms with Crippen LogP contribution in [0.4, 0.5) is 5.82 Å². The summed E-state index contributed by atoms with van der Waals surface area (Å²) >= 11 is 1.48. The number of rotatable bonds is 6. The molecule has 0 unspecified atom stereocenters. The summed E-state index contributed by atoms with van der Waals surface area (Å²) in [5.74, 6) is 1.96. The minimum Gasteiger partial charge on any atom is -0.435 e. The van der Waals surface area contributed by atoms with E-state index in [0.29, 0.717) is 16.8 Å². The Morgan fingerprint density at radius 3 is 2.84 bits per heavy atom. The van der Waals surface area contributed by atoms with Gasteiger partial charge in [0, 0.05) is 19.2 Å². The summed E-state index contributed by atoms with van der Waals surface area (Å²) in [5, 5.41) is 8.00. The lowest BCUT2D eigenvalue weighted by atomic mass is 10.5. The maximum atomic E-state index is 5.70. The van der Waals surface area contributed by atoms with Crippen LogP contribution in [0.25, 0.3) is 0 Å². The van der Waals surface area contributed by atoms with Gasteiger partial charge >= 0.3 is 0 Å². The van der Waals surface area contributed by atoms with Gasteiger partial charge in [-0.15, -0.1) is 0 Å². The first-order chi connectivity index (χ1) is 9.25. The van der Waals surface area contributed by atoms with E-state index in [9.17, 15) is 0 Å². The molecule has 0 bridgehead atoms. The van der Waals surface area contributed by atoms with E-state index in [-0.39, 0.29) is 0 Å². The predicted octanol–water partition coefficient (Wildman–Crippen LogP) is 2.64. The molecule has 19 heavy (non-hydrogen) atoms. The van der Waals surface area contributed by atoms with Crippen LogP contribution < -0.4 is 10.1 Å². The van der Waals surface area contributed by atoms with E-state index < -0.39 is 0 Å². The van der Waals surface area contributed by atoms with Crippen molar-refractivity contribution in [2.75, 3.05) is 18.1 Å². The molecule has 0 radical (unpaired) electrons. The third-order valence-electron chi connectivity index (χ3n) is 2.38. The Bertz CT molecular complexity index is 543. The van der Waals surface area contributed by atoms with Gasteiger partial charge < -0.3 is 10.1 Å². The van der Waals surface area contributed by atoms with Crippen molar-refractivity contribution >= 4 is 17.6 Å². The first kappa shape index (κ1) is 13.7. The average molecular weight is 279 g/mol. The first-order valence-corrected chi connectivity index (χ1v) is 7.34. The van der Waals surface area contributed by atoms with E-state index in [2.05, 4.69) is 20.4 Å². The molecule has 0 aliphatic heterocycles. The molecule has 0 aromatic carbocycles. The highest BCUT2D eigenvalue weighted by molar-refractivity contribution is 7.98. The number of anilines is 1. The van der Waals surface area contributed by atoms with Crippen molar-refractivity contribution in [3.63, 3.8) is 0 Å². The molecule has 7 heteroatoms. The zero-order valence-electron chi connectivity index (χ0n) is 11.3. The molecule has 2 aromatic heterocycles. The molecule has 0 amide bonds. The number of hydrogen-bond donors (Lipinski definition) is 1. The van der Waals surface area contributed by atoms with Gasteiger partial charge in [0.05, 0.1) is 12.4 Å². The third-order valence-corrected chi connectivity index (χ3v) is 2.93. The summed E-state index contributed by atoms with van der Waals surface area (Å²) in [6.45, 7) is 5.66. The van der Waals surface area contributed by atoms with Crippen LogP contribution in [0.3, 0.4) is 0 Å². The molecule has 0 saturated carbocycles. The van der Waals surface area contributed by atoms with Crippen LogP contribution in [0.5, 0.6) is 11.6 Å². The van der Waals surface area contributed by atoms with Crippen molar-refractivity contribution in [2.45, 2.75) is 25.5 Å². The van der Waals surface area contributed by atoms with Crippen molar-refractivity contribution in [3.05, 3.63) is 18.5 Å². The second kappa shape index (κ2) is 6.42. The number of aryl methyl sites for hydroxylation is 1. The lowest BCUT2D eigenvalue weighted by Crippen LogP contribution is -2.02. The Kier molecular flexibility index (Phi) is 4.62. The molecule has 0 spiro atoms. The second-order valence-electron chi connectivity index (χ2n) is 3.74. The SMILES string of the molecule is CCNc1cc(Oc2cnn(CC)c2)nc(SC)n1. The van der Waals surface area contributed by atoms with Crippen molar-refractivity contribution in [2.24, 2.45) is 0 Å². The van der Waals surface area contributed by atoms with E-state index >= 15 is 0 Å². The zero-order chi connectivity index (χ0) is 13.7. The standard InChI is InChI=1S/C12H17N5OS/c1-4-13-10-6-11(16-12(15-10)19-3)18-9-7-14-17(5-2)8-9/h6-8H,4-5H2,1-3H3,(H,13,15,16). The molecule has 0 aliphatic carbocycles. The quantitative estimate of drug-likeness (QED) is 0.648. The van der Waals surface area contributed by atoms with E-state index in [0.717, 1.165) is 18.9 Å². The summed E-state index contributed by atoms with van der Waals surface area (Å²) in [5.41, 5.74) is 0. The van der Waals surface area contributed by atoms with E-state index in [1.807, 2.05) is 26.3 Å². The highest BCUT2D eigenvalue weighted by Gasteiger charge is 2.07. The van der Waals surface area contributed by atoms with Crippen LogP contribution in [-0.2, 0) is 6.54 Å². The topological polar surface area (TPSA) is 64.9 Å². The molecular formula is C12H17N5OS. The molecule has 0 aliphatic rings. The number of nitrogens with one attached hydrogen (secondary N) is 1. The fourth-order valence-electron chi connectivity index (χ4n) is 1.51. The molecule has 2 rings (SSSR count). The Morgan fingerprint density at radius 2 is 2.21 bits per heavy atom. The molecular weight excluding hydrogens is 262 g/mol. The largest absolute Gasteiger partial charge is 0.435 e. The summed E-state index contributed by atoms with van der Waals surface area (Å²) in [4.78, 5) is 8.66. The number of thioether (sulfide) groups is 1. The molecule has 2 heterocycles. The highest BCUT2D eigenvalue weighted by atomic mass is 32.2. The number of nitrogens with zero attached hydrogens (tertiary/aromatic N) is 4. The van der Waals surface area contributed by atoms with Crippen LogP contribution in [0.1, 0.15) is 13.8 Å². The summed E-state index contributed by atoms with van der Waals surface area (Å²) in [6, 6.07) is 1.78. The maximum Gasteiger partial charge on any atom is 0.225 e. The second-order valence-corrected chi connectivity index (χ2v) is 4.52. The predicted molar refractivity (Wildman–Crippen MR) is 76.0 cm³/mol.